The fraction of sp³-hybridized carbons (Fsp3) is 0.500. The van der Waals surface area contributed by atoms with Gasteiger partial charge in [-0.3, -0.25) is 0 Å². The number of hydrogen-bond donors (Lipinski definition) is 1. The Labute approximate surface area is 101 Å². The van der Waals surface area contributed by atoms with Gasteiger partial charge in [-0.2, -0.15) is 0 Å². The van der Waals surface area contributed by atoms with Gasteiger partial charge >= 0.3 is 0 Å². The summed E-state index contributed by atoms with van der Waals surface area (Å²) in [6.07, 6.45) is 0. The van der Waals surface area contributed by atoms with Crippen LogP contribution in [0.5, 0.6) is 0 Å². The molecule has 90 valence electrons. The highest BCUT2D eigenvalue weighted by molar-refractivity contribution is 7.99. The Kier molecular flexibility index (Phi) is 6.45. The SMILES string of the molecule is CCOCC(CSc1ccc(F)cc1)NC. The summed E-state index contributed by atoms with van der Waals surface area (Å²) in [5.74, 6) is 0.728. The van der Waals surface area contributed by atoms with E-state index in [1.54, 1.807) is 23.9 Å². The van der Waals surface area contributed by atoms with E-state index >= 15 is 0 Å². The van der Waals surface area contributed by atoms with Gasteiger partial charge in [-0.25, -0.2) is 4.39 Å². The van der Waals surface area contributed by atoms with E-state index in [-0.39, 0.29) is 5.82 Å². The zero-order valence-electron chi connectivity index (χ0n) is 9.70. The van der Waals surface area contributed by atoms with Gasteiger partial charge in [0.1, 0.15) is 5.82 Å². The molecule has 1 N–H and O–H groups in total. The summed E-state index contributed by atoms with van der Waals surface area (Å²) in [5.41, 5.74) is 0. The molecule has 1 aromatic carbocycles. The van der Waals surface area contributed by atoms with Crippen LogP contribution in [-0.2, 0) is 4.74 Å². The molecule has 16 heavy (non-hydrogen) atoms. The monoisotopic (exact) mass is 243 g/mol. The molecule has 1 rings (SSSR count). The van der Waals surface area contributed by atoms with Gasteiger partial charge in [0.05, 0.1) is 6.61 Å². The molecule has 4 heteroatoms. The minimum atomic E-state index is -0.191. The second-order valence-corrected chi connectivity index (χ2v) is 4.50. The van der Waals surface area contributed by atoms with Gasteiger partial charge < -0.3 is 10.1 Å². The van der Waals surface area contributed by atoms with Crippen molar-refractivity contribution in [2.45, 2.75) is 17.9 Å². The zero-order valence-corrected chi connectivity index (χ0v) is 10.5. The smallest absolute Gasteiger partial charge is 0.123 e. The van der Waals surface area contributed by atoms with Crippen molar-refractivity contribution in [3.63, 3.8) is 0 Å². The summed E-state index contributed by atoms with van der Waals surface area (Å²) < 4.78 is 18.0. The van der Waals surface area contributed by atoms with Crippen molar-refractivity contribution in [3.05, 3.63) is 30.1 Å². The number of benzene rings is 1. The Morgan fingerprint density at radius 3 is 2.62 bits per heavy atom. The molecule has 0 aliphatic heterocycles. The fourth-order valence-electron chi connectivity index (χ4n) is 1.20. The first-order valence-electron chi connectivity index (χ1n) is 5.39. The number of ether oxygens (including phenoxy) is 1. The first-order valence-corrected chi connectivity index (χ1v) is 6.38. The van der Waals surface area contributed by atoms with E-state index in [0.29, 0.717) is 12.6 Å². The number of likely N-dealkylation sites (N-methyl/N-ethyl adjacent to an activating group) is 1. The predicted molar refractivity (Wildman–Crippen MR) is 66.5 cm³/mol. The van der Waals surface area contributed by atoms with Crippen LogP contribution in [0.25, 0.3) is 0 Å². The molecule has 0 fully saturated rings. The topological polar surface area (TPSA) is 21.3 Å². The Morgan fingerprint density at radius 1 is 1.38 bits per heavy atom. The van der Waals surface area contributed by atoms with Crippen LogP contribution in [-0.4, -0.2) is 32.1 Å². The van der Waals surface area contributed by atoms with E-state index in [4.69, 9.17) is 4.74 Å². The molecule has 0 aliphatic rings. The summed E-state index contributed by atoms with van der Waals surface area (Å²) in [6, 6.07) is 6.90. The maximum Gasteiger partial charge on any atom is 0.123 e. The minimum Gasteiger partial charge on any atom is -0.380 e. The first-order chi connectivity index (χ1) is 7.76. The predicted octanol–water partition coefficient (Wildman–Crippen LogP) is 2.54. The highest BCUT2D eigenvalue weighted by Crippen LogP contribution is 2.18. The third-order valence-corrected chi connectivity index (χ3v) is 3.37. The number of halogens is 1. The lowest BCUT2D eigenvalue weighted by Gasteiger charge is -2.15. The molecule has 0 heterocycles. The van der Waals surface area contributed by atoms with Gasteiger partial charge in [0, 0.05) is 23.3 Å². The van der Waals surface area contributed by atoms with E-state index in [9.17, 15) is 4.39 Å². The molecule has 0 aromatic heterocycles. The van der Waals surface area contributed by atoms with Crippen LogP contribution in [0.3, 0.4) is 0 Å². The number of rotatable bonds is 7. The maximum absolute atomic E-state index is 12.7. The van der Waals surface area contributed by atoms with Crippen molar-refractivity contribution in [3.8, 4) is 0 Å². The van der Waals surface area contributed by atoms with Gasteiger partial charge in [0.2, 0.25) is 0 Å². The third-order valence-electron chi connectivity index (χ3n) is 2.20. The van der Waals surface area contributed by atoms with Crippen LogP contribution in [0, 0.1) is 5.82 Å². The van der Waals surface area contributed by atoms with E-state index in [1.807, 2.05) is 14.0 Å². The van der Waals surface area contributed by atoms with Crippen molar-refractivity contribution < 1.29 is 9.13 Å². The standard InChI is InChI=1S/C12H18FNOS/c1-3-15-8-11(14-2)9-16-12-6-4-10(13)5-7-12/h4-7,11,14H,3,8-9H2,1-2H3. The van der Waals surface area contributed by atoms with E-state index < -0.39 is 0 Å². The molecule has 1 unspecified atom stereocenters. The van der Waals surface area contributed by atoms with Gasteiger partial charge in [0.15, 0.2) is 0 Å². The summed E-state index contributed by atoms with van der Waals surface area (Å²) >= 11 is 1.70. The van der Waals surface area contributed by atoms with E-state index in [1.165, 1.54) is 12.1 Å². The molecule has 0 radical (unpaired) electrons. The Hall–Kier alpha value is -0.580. The van der Waals surface area contributed by atoms with Crippen LogP contribution in [0.4, 0.5) is 4.39 Å². The van der Waals surface area contributed by atoms with Crippen molar-refractivity contribution in [2.75, 3.05) is 26.0 Å². The minimum absolute atomic E-state index is 0.191. The zero-order chi connectivity index (χ0) is 11.8. The van der Waals surface area contributed by atoms with Crippen LogP contribution in [0.1, 0.15) is 6.92 Å². The second-order valence-electron chi connectivity index (χ2n) is 3.41. The lowest BCUT2D eigenvalue weighted by atomic mass is 10.3. The van der Waals surface area contributed by atoms with Crippen molar-refractivity contribution in [1.82, 2.24) is 5.32 Å². The lowest BCUT2D eigenvalue weighted by molar-refractivity contribution is 0.131. The summed E-state index contributed by atoms with van der Waals surface area (Å²) in [7, 11) is 1.93. The normalized spacial score (nSPS) is 12.7. The maximum atomic E-state index is 12.7. The Bertz CT molecular complexity index is 292. The molecule has 0 bridgehead atoms. The fourth-order valence-corrected chi connectivity index (χ4v) is 2.19. The van der Waals surface area contributed by atoms with Crippen molar-refractivity contribution >= 4 is 11.8 Å². The molecule has 0 amide bonds. The van der Waals surface area contributed by atoms with Gasteiger partial charge in [-0.15, -0.1) is 11.8 Å². The van der Waals surface area contributed by atoms with Crippen LogP contribution in [0.15, 0.2) is 29.2 Å². The number of hydrogen-bond acceptors (Lipinski definition) is 3. The second kappa shape index (κ2) is 7.65. The van der Waals surface area contributed by atoms with Crippen LogP contribution < -0.4 is 5.32 Å². The van der Waals surface area contributed by atoms with Crippen molar-refractivity contribution in [2.24, 2.45) is 0 Å². The van der Waals surface area contributed by atoms with Crippen molar-refractivity contribution in [1.29, 1.82) is 0 Å². The lowest BCUT2D eigenvalue weighted by Crippen LogP contribution is -2.32. The van der Waals surface area contributed by atoms with Gasteiger partial charge in [0.25, 0.3) is 0 Å². The average Bonchev–Trinajstić information content (AvgIpc) is 2.32. The largest absolute Gasteiger partial charge is 0.380 e. The molecule has 1 atom stereocenters. The first kappa shape index (κ1) is 13.5. The van der Waals surface area contributed by atoms with Crippen LogP contribution >= 0.6 is 11.8 Å². The quantitative estimate of drug-likeness (QED) is 0.744. The average molecular weight is 243 g/mol. The molecule has 2 nitrogen and oxygen atoms in total. The molecule has 0 aliphatic carbocycles. The Balaban J connectivity index is 2.34. The molecular formula is C12H18FNOS. The van der Waals surface area contributed by atoms with Gasteiger partial charge in [-0.05, 0) is 38.2 Å². The highest BCUT2D eigenvalue weighted by atomic mass is 32.2. The Morgan fingerprint density at radius 2 is 2.06 bits per heavy atom. The van der Waals surface area contributed by atoms with Gasteiger partial charge in [-0.1, -0.05) is 0 Å². The summed E-state index contributed by atoms with van der Waals surface area (Å²) in [5, 5.41) is 3.20. The molecule has 0 spiro atoms. The highest BCUT2D eigenvalue weighted by Gasteiger charge is 2.06. The van der Waals surface area contributed by atoms with Crippen LogP contribution in [0.2, 0.25) is 0 Å². The summed E-state index contributed by atoms with van der Waals surface area (Å²) in [4.78, 5) is 1.08. The molecule has 1 aromatic rings. The summed E-state index contributed by atoms with van der Waals surface area (Å²) in [6.45, 7) is 3.43. The third kappa shape index (κ3) is 4.96. The van der Waals surface area contributed by atoms with E-state index in [2.05, 4.69) is 5.32 Å². The van der Waals surface area contributed by atoms with E-state index in [0.717, 1.165) is 17.3 Å². The molecule has 0 saturated carbocycles. The number of nitrogens with one attached hydrogen (secondary N) is 1. The molecule has 0 saturated heterocycles. The number of thioether (sulfide) groups is 1. The molecular weight excluding hydrogens is 225 g/mol.